The van der Waals surface area contributed by atoms with Gasteiger partial charge in [-0.25, -0.2) is 9.97 Å². The molecule has 0 saturated carbocycles. The number of nitrogens with one attached hydrogen (secondary N) is 1. The molecule has 3 aromatic rings. The third-order valence-electron chi connectivity index (χ3n) is 3.56. The molecule has 0 aliphatic carbocycles. The van der Waals surface area contributed by atoms with Gasteiger partial charge in [0, 0.05) is 16.8 Å². The number of nitrogens with zero attached hydrogens (tertiary/aromatic N) is 2. The average Bonchev–Trinajstić information content (AvgIpc) is 2.66. The van der Waals surface area contributed by atoms with Crippen LogP contribution in [-0.2, 0) is 0 Å². The number of ether oxygens (including phenoxy) is 2. The molecule has 0 spiro atoms. The van der Waals surface area contributed by atoms with Crippen LogP contribution in [0.2, 0.25) is 0 Å². The number of methoxy groups -OCH3 is 2. The topological polar surface area (TPSA) is 76.5 Å². The number of aliphatic hydroxyl groups excluding tert-OH is 1. The number of aromatic nitrogens is 2. The maximum Gasteiger partial charge on any atom is 0.190 e. The molecule has 0 radical (unpaired) electrons. The van der Waals surface area contributed by atoms with Crippen molar-refractivity contribution < 1.29 is 14.6 Å². The molecule has 25 heavy (non-hydrogen) atoms. The number of anilines is 2. The van der Waals surface area contributed by atoms with Crippen LogP contribution < -0.4 is 14.8 Å². The van der Waals surface area contributed by atoms with Crippen molar-refractivity contribution in [3.05, 3.63) is 42.5 Å². The maximum atomic E-state index is 9.04. The molecule has 6 nitrogen and oxygen atoms in total. The molecule has 2 aromatic carbocycles. The van der Waals surface area contributed by atoms with Crippen LogP contribution in [0, 0.1) is 0 Å². The van der Waals surface area contributed by atoms with Crippen LogP contribution in [0.5, 0.6) is 11.5 Å². The Bertz CT molecular complexity index is 856. The van der Waals surface area contributed by atoms with Gasteiger partial charge in [-0.15, -0.1) is 0 Å². The van der Waals surface area contributed by atoms with Gasteiger partial charge in [0.1, 0.15) is 17.3 Å². The van der Waals surface area contributed by atoms with Crippen molar-refractivity contribution in [1.29, 1.82) is 0 Å². The zero-order valence-electron chi connectivity index (χ0n) is 14.0. The van der Waals surface area contributed by atoms with Crippen molar-refractivity contribution in [1.82, 2.24) is 9.97 Å². The second kappa shape index (κ2) is 8.04. The van der Waals surface area contributed by atoms with Gasteiger partial charge in [0.05, 0.1) is 26.3 Å². The summed E-state index contributed by atoms with van der Waals surface area (Å²) < 4.78 is 10.5. The lowest BCUT2D eigenvalue weighted by Crippen LogP contribution is -2.00. The number of rotatable bonds is 7. The molecule has 2 N–H and O–H groups in total. The Balaban J connectivity index is 2.01. The van der Waals surface area contributed by atoms with Crippen LogP contribution in [0.15, 0.2) is 47.6 Å². The molecule has 1 aromatic heterocycles. The summed E-state index contributed by atoms with van der Waals surface area (Å²) in [6.07, 6.45) is 0. The number of thioether (sulfide) groups is 1. The zero-order valence-corrected chi connectivity index (χ0v) is 14.8. The van der Waals surface area contributed by atoms with Crippen LogP contribution in [-0.4, -0.2) is 41.7 Å². The van der Waals surface area contributed by atoms with Crippen LogP contribution in [0.25, 0.3) is 10.9 Å². The molecular formula is C18H19N3O3S. The smallest absolute Gasteiger partial charge is 0.190 e. The van der Waals surface area contributed by atoms with Gasteiger partial charge in [-0.1, -0.05) is 11.8 Å². The van der Waals surface area contributed by atoms with Gasteiger partial charge >= 0.3 is 0 Å². The summed E-state index contributed by atoms with van der Waals surface area (Å²) in [7, 11) is 3.27. The van der Waals surface area contributed by atoms with Crippen LogP contribution in [0.4, 0.5) is 11.5 Å². The van der Waals surface area contributed by atoms with E-state index >= 15 is 0 Å². The van der Waals surface area contributed by atoms with Crippen molar-refractivity contribution >= 4 is 34.2 Å². The molecule has 0 aliphatic rings. The van der Waals surface area contributed by atoms with E-state index in [2.05, 4.69) is 15.3 Å². The SMILES string of the molecule is COc1ccc(Nc2nc(SCCO)nc3ccc(OC)cc23)cc1. The van der Waals surface area contributed by atoms with Crippen molar-refractivity contribution in [2.75, 3.05) is 31.9 Å². The fraction of sp³-hybridized carbons (Fsp3) is 0.222. The van der Waals surface area contributed by atoms with E-state index in [9.17, 15) is 0 Å². The van der Waals surface area contributed by atoms with E-state index in [1.54, 1.807) is 14.2 Å². The van der Waals surface area contributed by atoms with Crippen molar-refractivity contribution in [3.8, 4) is 11.5 Å². The van der Waals surface area contributed by atoms with E-state index in [4.69, 9.17) is 14.6 Å². The molecular weight excluding hydrogens is 338 g/mol. The Labute approximate surface area is 150 Å². The van der Waals surface area contributed by atoms with Gasteiger partial charge in [-0.2, -0.15) is 0 Å². The van der Waals surface area contributed by atoms with Gasteiger partial charge < -0.3 is 19.9 Å². The molecule has 0 bridgehead atoms. The maximum absolute atomic E-state index is 9.04. The molecule has 0 atom stereocenters. The number of aliphatic hydroxyl groups is 1. The Morgan fingerprint density at radius 2 is 1.72 bits per heavy atom. The van der Waals surface area contributed by atoms with Crippen molar-refractivity contribution in [3.63, 3.8) is 0 Å². The van der Waals surface area contributed by atoms with Gasteiger partial charge in [0.25, 0.3) is 0 Å². The van der Waals surface area contributed by atoms with Crippen LogP contribution in [0.3, 0.4) is 0 Å². The highest BCUT2D eigenvalue weighted by molar-refractivity contribution is 7.99. The van der Waals surface area contributed by atoms with E-state index in [1.165, 1.54) is 11.8 Å². The minimum Gasteiger partial charge on any atom is -0.497 e. The molecule has 0 unspecified atom stereocenters. The largest absolute Gasteiger partial charge is 0.497 e. The lowest BCUT2D eigenvalue weighted by Gasteiger charge is -2.12. The summed E-state index contributed by atoms with van der Waals surface area (Å²) in [4.78, 5) is 9.14. The Hall–Kier alpha value is -2.51. The molecule has 0 saturated heterocycles. The lowest BCUT2D eigenvalue weighted by atomic mass is 10.2. The molecule has 0 fully saturated rings. The monoisotopic (exact) mass is 357 g/mol. The third-order valence-corrected chi connectivity index (χ3v) is 4.39. The summed E-state index contributed by atoms with van der Waals surface area (Å²) in [6, 6.07) is 13.3. The highest BCUT2D eigenvalue weighted by atomic mass is 32.2. The van der Waals surface area contributed by atoms with Gasteiger partial charge in [-0.05, 0) is 42.5 Å². The lowest BCUT2D eigenvalue weighted by molar-refractivity contribution is 0.322. The van der Waals surface area contributed by atoms with E-state index in [0.29, 0.717) is 16.7 Å². The Morgan fingerprint density at radius 1 is 1.00 bits per heavy atom. The summed E-state index contributed by atoms with van der Waals surface area (Å²) in [5, 5.41) is 13.8. The minimum absolute atomic E-state index is 0.0793. The highest BCUT2D eigenvalue weighted by Gasteiger charge is 2.10. The second-order valence-corrected chi connectivity index (χ2v) is 6.23. The first-order chi connectivity index (χ1) is 12.2. The first-order valence-corrected chi connectivity index (χ1v) is 8.72. The van der Waals surface area contributed by atoms with E-state index in [1.807, 2.05) is 42.5 Å². The van der Waals surface area contributed by atoms with Crippen LogP contribution in [0.1, 0.15) is 0 Å². The van der Waals surface area contributed by atoms with Gasteiger partial charge in [-0.3, -0.25) is 0 Å². The Morgan fingerprint density at radius 3 is 2.40 bits per heavy atom. The minimum atomic E-state index is 0.0793. The molecule has 0 aliphatic heterocycles. The van der Waals surface area contributed by atoms with Crippen molar-refractivity contribution in [2.45, 2.75) is 5.16 Å². The molecule has 130 valence electrons. The predicted octanol–water partition coefficient (Wildman–Crippen LogP) is 3.48. The van der Waals surface area contributed by atoms with Gasteiger partial charge in [0.15, 0.2) is 5.16 Å². The molecule has 1 heterocycles. The predicted molar refractivity (Wildman–Crippen MR) is 100 cm³/mol. The standard InChI is InChI=1S/C18H19N3O3S/c1-23-13-5-3-12(4-6-13)19-17-15-11-14(24-2)7-8-16(15)20-18(21-17)25-10-9-22/h3-8,11,22H,9-10H2,1-2H3,(H,19,20,21). The van der Waals surface area contributed by atoms with Gasteiger partial charge in [0.2, 0.25) is 0 Å². The van der Waals surface area contributed by atoms with E-state index in [-0.39, 0.29) is 6.61 Å². The summed E-state index contributed by atoms with van der Waals surface area (Å²) in [6.45, 7) is 0.0793. The normalized spacial score (nSPS) is 10.7. The number of hydrogen-bond donors (Lipinski definition) is 2. The molecule has 7 heteroatoms. The van der Waals surface area contributed by atoms with Crippen LogP contribution >= 0.6 is 11.8 Å². The Kier molecular flexibility index (Phi) is 5.57. The number of hydrogen-bond acceptors (Lipinski definition) is 7. The fourth-order valence-electron chi connectivity index (χ4n) is 2.32. The summed E-state index contributed by atoms with van der Waals surface area (Å²) in [5.41, 5.74) is 1.70. The zero-order chi connectivity index (χ0) is 17.6. The van der Waals surface area contributed by atoms with E-state index < -0.39 is 0 Å². The summed E-state index contributed by atoms with van der Waals surface area (Å²) in [5.74, 6) is 2.77. The second-order valence-electron chi connectivity index (χ2n) is 5.16. The summed E-state index contributed by atoms with van der Waals surface area (Å²) >= 11 is 1.41. The molecule has 0 amide bonds. The number of benzene rings is 2. The van der Waals surface area contributed by atoms with Crippen molar-refractivity contribution in [2.24, 2.45) is 0 Å². The first-order valence-electron chi connectivity index (χ1n) is 7.74. The first kappa shape index (κ1) is 17.3. The third kappa shape index (κ3) is 4.12. The van der Waals surface area contributed by atoms with E-state index in [0.717, 1.165) is 28.1 Å². The average molecular weight is 357 g/mol. The fourth-order valence-corrected chi connectivity index (χ4v) is 2.91. The number of fused-ring (bicyclic) bond motifs is 1. The quantitative estimate of drug-likeness (QED) is 0.495. The molecule has 3 rings (SSSR count). The highest BCUT2D eigenvalue weighted by Crippen LogP contribution is 2.30.